The standard InChI is InChI=1S/C12H14O5/c1-6-5-8(11(14)16-3)9(12(15)17-4)7(2)10(6)13/h5,13H,1-4H3. The Morgan fingerprint density at radius 3 is 2.12 bits per heavy atom. The van der Waals surface area contributed by atoms with Crippen LogP contribution in [0.4, 0.5) is 0 Å². The minimum atomic E-state index is -0.682. The molecule has 0 saturated carbocycles. The molecule has 17 heavy (non-hydrogen) atoms. The third-order valence-electron chi connectivity index (χ3n) is 2.53. The van der Waals surface area contributed by atoms with Gasteiger partial charge in [-0.05, 0) is 25.5 Å². The summed E-state index contributed by atoms with van der Waals surface area (Å²) in [5.74, 6) is -1.35. The molecule has 1 aromatic rings. The van der Waals surface area contributed by atoms with Gasteiger partial charge in [-0.1, -0.05) is 0 Å². The lowest BCUT2D eigenvalue weighted by molar-refractivity contribution is 0.0554. The third-order valence-corrected chi connectivity index (χ3v) is 2.53. The van der Waals surface area contributed by atoms with Crippen molar-refractivity contribution < 1.29 is 24.2 Å². The van der Waals surface area contributed by atoms with Crippen molar-refractivity contribution in [3.8, 4) is 5.75 Å². The van der Waals surface area contributed by atoms with Crippen molar-refractivity contribution in [3.63, 3.8) is 0 Å². The van der Waals surface area contributed by atoms with E-state index < -0.39 is 11.9 Å². The van der Waals surface area contributed by atoms with Gasteiger partial charge >= 0.3 is 11.9 Å². The highest BCUT2D eigenvalue weighted by Gasteiger charge is 2.24. The average molecular weight is 238 g/mol. The van der Waals surface area contributed by atoms with E-state index in [1.807, 2.05) is 0 Å². The van der Waals surface area contributed by atoms with E-state index in [9.17, 15) is 14.7 Å². The molecule has 0 saturated heterocycles. The fourth-order valence-electron chi connectivity index (χ4n) is 1.61. The first-order valence-electron chi connectivity index (χ1n) is 4.93. The van der Waals surface area contributed by atoms with Crippen molar-refractivity contribution in [2.24, 2.45) is 0 Å². The average Bonchev–Trinajstić information content (AvgIpc) is 2.33. The van der Waals surface area contributed by atoms with Gasteiger partial charge in [-0.15, -0.1) is 0 Å². The van der Waals surface area contributed by atoms with Crippen LogP contribution in [0.1, 0.15) is 31.8 Å². The summed E-state index contributed by atoms with van der Waals surface area (Å²) in [6, 6.07) is 1.40. The molecule has 1 rings (SSSR count). The number of esters is 2. The zero-order valence-corrected chi connectivity index (χ0v) is 10.2. The molecular weight excluding hydrogens is 224 g/mol. The van der Waals surface area contributed by atoms with Crippen LogP contribution in [-0.2, 0) is 9.47 Å². The molecule has 0 atom stereocenters. The topological polar surface area (TPSA) is 72.8 Å². The van der Waals surface area contributed by atoms with E-state index >= 15 is 0 Å². The summed E-state index contributed by atoms with van der Waals surface area (Å²) in [5.41, 5.74) is 0.919. The maximum absolute atomic E-state index is 11.6. The van der Waals surface area contributed by atoms with Gasteiger partial charge in [0.25, 0.3) is 0 Å². The molecular formula is C12H14O5. The van der Waals surface area contributed by atoms with Crippen LogP contribution >= 0.6 is 0 Å². The number of hydrogen-bond acceptors (Lipinski definition) is 5. The Kier molecular flexibility index (Phi) is 3.73. The van der Waals surface area contributed by atoms with Crippen molar-refractivity contribution in [2.75, 3.05) is 14.2 Å². The maximum atomic E-state index is 11.6. The van der Waals surface area contributed by atoms with E-state index in [0.29, 0.717) is 11.1 Å². The van der Waals surface area contributed by atoms with Gasteiger partial charge in [0.05, 0.1) is 25.3 Å². The van der Waals surface area contributed by atoms with Gasteiger partial charge in [0.1, 0.15) is 5.75 Å². The monoisotopic (exact) mass is 238 g/mol. The quantitative estimate of drug-likeness (QED) is 0.792. The largest absolute Gasteiger partial charge is 0.507 e. The smallest absolute Gasteiger partial charge is 0.339 e. The van der Waals surface area contributed by atoms with E-state index in [4.69, 9.17) is 0 Å². The molecule has 0 aliphatic carbocycles. The van der Waals surface area contributed by atoms with Crippen molar-refractivity contribution >= 4 is 11.9 Å². The summed E-state index contributed by atoms with van der Waals surface area (Å²) in [4.78, 5) is 23.2. The van der Waals surface area contributed by atoms with Gasteiger partial charge < -0.3 is 14.6 Å². The van der Waals surface area contributed by atoms with Crippen molar-refractivity contribution in [2.45, 2.75) is 13.8 Å². The number of hydrogen-bond donors (Lipinski definition) is 1. The number of aromatic hydroxyl groups is 1. The highest BCUT2D eigenvalue weighted by atomic mass is 16.5. The summed E-state index contributed by atoms with van der Waals surface area (Å²) in [6.45, 7) is 3.18. The van der Waals surface area contributed by atoms with Gasteiger partial charge in [0.15, 0.2) is 0 Å². The molecule has 0 fully saturated rings. The molecule has 1 N–H and O–H groups in total. The van der Waals surface area contributed by atoms with Crippen molar-refractivity contribution in [1.29, 1.82) is 0 Å². The van der Waals surface area contributed by atoms with Crippen LogP contribution in [0.2, 0.25) is 0 Å². The molecule has 0 unspecified atom stereocenters. The number of rotatable bonds is 2. The van der Waals surface area contributed by atoms with Crippen LogP contribution in [0.5, 0.6) is 5.75 Å². The molecule has 5 nitrogen and oxygen atoms in total. The molecule has 0 aliphatic rings. The van der Waals surface area contributed by atoms with Crippen LogP contribution in [0.25, 0.3) is 0 Å². The lowest BCUT2D eigenvalue weighted by Crippen LogP contribution is -2.14. The Morgan fingerprint density at radius 2 is 1.65 bits per heavy atom. The molecule has 0 aliphatic heterocycles. The first kappa shape index (κ1) is 13.0. The highest BCUT2D eigenvalue weighted by molar-refractivity contribution is 6.04. The SMILES string of the molecule is COC(=O)c1cc(C)c(O)c(C)c1C(=O)OC. The molecule has 0 amide bonds. The zero-order valence-electron chi connectivity index (χ0n) is 10.2. The summed E-state index contributed by atoms with van der Waals surface area (Å²) in [5, 5.41) is 9.75. The Bertz CT molecular complexity index is 476. The number of carbonyl (C=O) groups excluding carboxylic acids is 2. The molecule has 0 heterocycles. The number of ether oxygens (including phenoxy) is 2. The first-order valence-corrected chi connectivity index (χ1v) is 4.93. The predicted octanol–water partition coefficient (Wildman–Crippen LogP) is 1.58. The molecule has 1 aromatic carbocycles. The lowest BCUT2D eigenvalue weighted by atomic mass is 9.97. The Labute approximate surface area is 99.0 Å². The summed E-state index contributed by atoms with van der Waals surface area (Å²) in [7, 11) is 2.43. The van der Waals surface area contributed by atoms with Crippen molar-refractivity contribution in [1.82, 2.24) is 0 Å². The number of carbonyl (C=O) groups is 2. The van der Waals surface area contributed by atoms with E-state index in [2.05, 4.69) is 9.47 Å². The number of phenolic OH excluding ortho intramolecular Hbond substituents is 1. The van der Waals surface area contributed by atoms with E-state index in [1.165, 1.54) is 20.3 Å². The number of methoxy groups -OCH3 is 2. The highest BCUT2D eigenvalue weighted by Crippen LogP contribution is 2.29. The van der Waals surface area contributed by atoms with Crippen LogP contribution in [-0.4, -0.2) is 31.3 Å². The second-order valence-electron chi connectivity index (χ2n) is 3.57. The Hall–Kier alpha value is -2.04. The van der Waals surface area contributed by atoms with E-state index in [-0.39, 0.29) is 16.9 Å². The van der Waals surface area contributed by atoms with Gasteiger partial charge in [0, 0.05) is 5.56 Å². The molecule has 5 heteroatoms. The molecule has 0 spiro atoms. The predicted molar refractivity (Wildman–Crippen MR) is 60.3 cm³/mol. The minimum absolute atomic E-state index is 0.0296. The van der Waals surface area contributed by atoms with Crippen LogP contribution in [0.15, 0.2) is 6.07 Å². The third kappa shape index (κ3) is 2.22. The van der Waals surface area contributed by atoms with Gasteiger partial charge in [-0.25, -0.2) is 9.59 Å². The van der Waals surface area contributed by atoms with E-state index in [0.717, 1.165) is 0 Å². The molecule has 0 aromatic heterocycles. The van der Waals surface area contributed by atoms with Crippen LogP contribution < -0.4 is 0 Å². The fourth-order valence-corrected chi connectivity index (χ4v) is 1.61. The fraction of sp³-hybridized carbons (Fsp3) is 0.333. The van der Waals surface area contributed by atoms with Gasteiger partial charge in [0.2, 0.25) is 0 Å². The first-order chi connectivity index (χ1) is 7.93. The summed E-state index contributed by atoms with van der Waals surface area (Å²) in [6.07, 6.45) is 0. The van der Waals surface area contributed by atoms with Crippen molar-refractivity contribution in [3.05, 3.63) is 28.3 Å². The molecule has 0 bridgehead atoms. The van der Waals surface area contributed by atoms with E-state index in [1.54, 1.807) is 13.8 Å². The normalized spacial score (nSPS) is 9.88. The number of aryl methyl sites for hydroxylation is 1. The van der Waals surface area contributed by atoms with Crippen LogP contribution in [0, 0.1) is 13.8 Å². The van der Waals surface area contributed by atoms with Gasteiger partial charge in [-0.3, -0.25) is 0 Å². The Morgan fingerprint density at radius 1 is 1.12 bits per heavy atom. The minimum Gasteiger partial charge on any atom is -0.507 e. The second kappa shape index (κ2) is 4.86. The van der Waals surface area contributed by atoms with Crippen LogP contribution in [0.3, 0.4) is 0 Å². The lowest BCUT2D eigenvalue weighted by Gasteiger charge is -2.12. The Balaban J connectivity index is 3.57. The maximum Gasteiger partial charge on any atom is 0.339 e. The number of phenols is 1. The second-order valence-corrected chi connectivity index (χ2v) is 3.57. The molecule has 92 valence electrons. The summed E-state index contributed by atoms with van der Waals surface area (Å²) < 4.78 is 9.18. The number of benzene rings is 1. The zero-order chi connectivity index (χ0) is 13.2. The summed E-state index contributed by atoms with van der Waals surface area (Å²) >= 11 is 0. The van der Waals surface area contributed by atoms with Gasteiger partial charge in [-0.2, -0.15) is 0 Å². The molecule has 0 radical (unpaired) electrons.